The number of hydrogen-bond acceptors (Lipinski definition) is 14. The van der Waals surface area contributed by atoms with E-state index in [1.807, 2.05) is 24.8 Å². The van der Waals surface area contributed by atoms with Crippen molar-refractivity contribution in [1.29, 1.82) is 0 Å². The number of rotatable bonds is 44. The van der Waals surface area contributed by atoms with Gasteiger partial charge in [0, 0.05) is 131 Å². The Morgan fingerprint density at radius 3 is 0.709 bits per heavy atom. The first-order valence-electron chi connectivity index (χ1n) is 43.8. The number of pyridine rings is 2. The van der Waals surface area contributed by atoms with Crippen LogP contribution in [0.15, 0.2) is 82.3 Å². The van der Waals surface area contributed by atoms with Crippen LogP contribution in [-0.4, -0.2) is 77.8 Å². The van der Waals surface area contributed by atoms with Gasteiger partial charge < -0.3 is 56.5 Å². The third-order valence-corrected chi connectivity index (χ3v) is 26.2. The molecule has 596 valence electrons. The Kier molecular flexibility index (Phi) is 32.5. The summed E-state index contributed by atoms with van der Waals surface area (Å²) >= 11 is 8.72. The van der Waals surface area contributed by atoms with Crippen molar-refractivity contribution < 1.29 is 56.5 Å². The maximum Gasteiger partial charge on any atom is 0.501 e. The first-order valence-corrected chi connectivity index (χ1v) is 45.4. The highest BCUT2D eigenvalue weighted by atomic mass is 79.9. The molecule has 13 rings (SSSR count). The van der Waals surface area contributed by atoms with Gasteiger partial charge in [0.2, 0.25) is 27.2 Å². The standard InChI is InChI=1S/C92H126B2Br2N2O12/c1-5-9-13-17-21-25-29-33-37-41-69-73-53-74-70(42-38-34-30-26-22-18-14-10-6-2)79-56-80-72(44-40-36-32-28-24-20-16-12-8-4)76-54-75-71(43-39-35-31-27-23-19-15-11-7-3)78-55-77(69)89-83(95)90(78)104-63-101-87(75)82(94-109-59-68(60-110-94)66-47-51-98-52-48-66)88(76)102-64-106-92(80)84(96)91(79)105-62-100-86(74)81(85(73)99-61-103-89)93-107-57-67(58-108-93)65-45-49-97-50-46-65/h45-56,67-72H,5-44,57-64H2,1-4H3. The van der Waals surface area contributed by atoms with E-state index in [1.165, 1.54) is 180 Å². The summed E-state index contributed by atoms with van der Waals surface area (Å²) in [6.07, 6.45) is 54.3. The summed E-state index contributed by atoms with van der Waals surface area (Å²) in [7, 11) is -1.69. The van der Waals surface area contributed by atoms with E-state index in [4.69, 9.17) is 56.5 Å². The molecule has 6 aliphatic heterocycles. The predicted octanol–water partition coefficient (Wildman–Crippen LogP) is 24.5. The highest BCUT2D eigenvalue weighted by molar-refractivity contribution is 9.11. The van der Waals surface area contributed by atoms with E-state index in [-0.39, 0.29) is 62.7 Å². The van der Waals surface area contributed by atoms with Crippen molar-refractivity contribution in [2.45, 2.75) is 320 Å². The average Bonchev–Trinajstić information content (AvgIpc) is 0.719. The third-order valence-electron chi connectivity index (χ3n) is 24.8. The number of hydrogen-bond donors (Lipinski definition) is 0. The topological polar surface area (TPSA) is 137 Å². The van der Waals surface area contributed by atoms with E-state index in [1.54, 1.807) is 0 Å². The number of nitrogens with zero attached hydrogens (tertiary/aromatic N) is 2. The van der Waals surface area contributed by atoms with Gasteiger partial charge in [-0.25, -0.2) is 0 Å². The number of ether oxygens (including phenoxy) is 8. The minimum Gasteiger partial charge on any atom is -0.457 e. The molecule has 0 N–H and O–H groups in total. The van der Waals surface area contributed by atoms with Gasteiger partial charge in [0.25, 0.3) is 0 Å². The smallest absolute Gasteiger partial charge is 0.457 e. The molecule has 14 nitrogen and oxygen atoms in total. The van der Waals surface area contributed by atoms with Crippen LogP contribution in [0.4, 0.5) is 0 Å². The van der Waals surface area contributed by atoms with Crippen molar-refractivity contribution in [3.63, 3.8) is 0 Å². The normalized spacial score (nSPS) is 18.5. The summed E-state index contributed by atoms with van der Waals surface area (Å²) in [5.41, 5.74) is 12.5. The monoisotopic (exact) mass is 1630 g/mol. The molecule has 8 heterocycles. The highest BCUT2D eigenvalue weighted by Crippen LogP contribution is 2.58. The van der Waals surface area contributed by atoms with E-state index in [2.05, 4.69) is 118 Å². The molecule has 0 saturated carbocycles. The Bertz CT molecular complexity index is 3400. The van der Waals surface area contributed by atoms with Crippen LogP contribution in [0.1, 0.15) is 376 Å². The lowest BCUT2D eigenvalue weighted by Crippen LogP contribution is -2.46. The molecule has 4 aromatic carbocycles. The first kappa shape index (κ1) is 82.5. The zero-order valence-electron chi connectivity index (χ0n) is 67.0. The molecule has 2 aromatic heterocycles. The Hall–Kier alpha value is -5.49. The van der Waals surface area contributed by atoms with Gasteiger partial charge in [0.1, 0.15) is 54.9 Å². The molecule has 18 heteroatoms. The maximum atomic E-state index is 7.36. The van der Waals surface area contributed by atoms with Crippen LogP contribution in [0.2, 0.25) is 0 Å². The van der Waals surface area contributed by atoms with Gasteiger partial charge in [-0.05, 0) is 117 Å². The quantitative estimate of drug-likeness (QED) is 0.0265. The van der Waals surface area contributed by atoms with Crippen molar-refractivity contribution in [2.24, 2.45) is 0 Å². The Morgan fingerprint density at radius 2 is 0.482 bits per heavy atom. The van der Waals surface area contributed by atoms with Gasteiger partial charge in [0.05, 0.1) is 10.9 Å². The van der Waals surface area contributed by atoms with Crippen LogP contribution in [0, 0.1) is 0 Å². The Labute approximate surface area is 676 Å². The zero-order valence-corrected chi connectivity index (χ0v) is 70.2. The molecule has 0 amide bonds. The van der Waals surface area contributed by atoms with Gasteiger partial charge >= 0.3 is 14.2 Å². The molecule has 2 saturated heterocycles. The summed E-state index contributed by atoms with van der Waals surface area (Å²) in [6, 6.07) is 18.3. The summed E-state index contributed by atoms with van der Waals surface area (Å²) in [5, 5.41) is 0. The Balaban J connectivity index is 1.05. The summed E-state index contributed by atoms with van der Waals surface area (Å²) in [6.45, 7) is 10.5. The fourth-order valence-electron chi connectivity index (χ4n) is 18.6. The zero-order chi connectivity index (χ0) is 75.6. The Morgan fingerprint density at radius 1 is 0.282 bits per heavy atom. The molecule has 8 bridgehead atoms. The van der Waals surface area contributed by atoms with Gasteiger partial charge in [-0.15, -0.1) is 0 Å². The minimum atomic E-state index is -0.843. The van der Waals surface area contributed by atoms with Crippen LogP contribution < -0.4 is 48.8 Å². The van der Waals surface area contributed by atoms with E-state index in [0.717, 1.165) is 176 Å². The number of aromatic nitrogens is 2. The van der Waals surface area contributed by atoms with Gasteiger partial charge in [0.15, 0.2) is 0 Å². The van der Waals surface area contributed by atoms with Crippen molar-refractivity contribution >= 4 is 57.0 Å². The van der Waals surface area contributed by atoms with Gasteiger partial charge in [-0.1, -0.05) is 259 Å². The van der Waals surface area contributed by atoms with E-state index in [9.17, 15) is 0 Å². The van der Waals surface area contributed by atoms with Gasteiger partial charge in [-0.2, -0.15) is 0 Å². The van der Waals surface area contributed by atoms with Crippen LogP contribution in [-0.2, 0) is 18.6 Å². The molecular formula is C92H126B2Br2N2O12. The molecule has 2 fully saturated rings. The number of benzene rings is 4. The molecule has 4 atom stereocenters. The van der Waals surface area contributed by atoms with Crippen molar-refractivity contribution in [3.8, 4) is 46.0 Å². The fraction of sp³-hybridized carbons (Fsp3) is 0.630. The minimum absolute atomic E-state index is 0.00336. The number of halogens is 2. The second kappa shape index (κ2) is 43.3. The van der Waals surface area contributed by atoms with E-state index >= 15 is 0 Å². The van der Waals surface area contributed by atoms with Gasteiger partial charge in [-0.3, -0.25) is 9.97 Å². The molecule has 0 spiro atoms. The summed E-state index contributed by atoms with van der Waals surface area (Å²) in [5.74, 6) is 4.70. The van der Waals surface area contributed by atoms with Crippen LogP contribution >= 0.6 is 31.9 Å². The van der Waals surface area contributed by atoms with E-state index in [0.29, 0.717) is 49.4 Å². The third kappa shape index (κ3) is 20.6. The molecule has 7 aliphatic rings. The highest BCUT2D eigenvalue weighted by Gasteiger charge is 2.47. The molecular weight excluding hydrogens is 1510 g/mol. The molecule has 110 heavy (non-hydrogen) atoms. The number of unbranched alkanes of at least 4 members (excludes halogenated alkanes) is 32. The SMILES string of the molecule is CCCCCCCCCCCC1c2cc3c4c(Br)c2OCOc2c1cc1c(c2B2OCC(c5ccncc5)CO2)OCOc2c(cc5c(c2Br)OCOc2c(cc(c(c2B2OCC(c6ccncc6)CO2)OCO4)C3CCCCCCCCCCC)C5CCCCCCCCCCC)C1CCCCCCCCCCC. The van der Waals surface area contributed by atoms with Crippen molar-refractivity contribution in [2.75, 3.05) is 53.6 Å². The fourth-order valence-corrected chi connectivity index (χ4v) is 20.0. The molecule has 6 aromatic rings. The second-order valence-electron chi connectivity index (χ2n) is 32.6. The average molecular weight is 1630 g/mol. The largest absolute Gasteiger partial charge is 0.501 e. The van der Waals surface area contributed by atoms with Crippen molar-refractivity contribution in [1.82, 2.24) is 9.97 Å². The lowest BCUT2D eigenvalue weighted by molar-refractivity contribution is 0.0945. The van der Waals surface area contributed by atoms with Crippen LogP contribution in [0.25, 0.3) is 0 Å². The lowest BCUT2D eigenvalue weighted by atomic mass is 9.68. The molecule has 4 unspecified atom stereocenters. The second-order valence-corrected chi connectivity index (χ2v) is 34.2. The van der Waals surface area contributed by atoms with Crippen LogP contribution in [0.5, 0.6) is 46.0 Å². The van der Waals surface area contributed by atoms with E-state index < -0.39 is 14.2 Å². The first-order chi connectivity index (χ1) is 54.4. The summed E-state index contributed by atoms with van der Waals surface area (Å²) in [4.78, 5) is 8.76. The maximum absolute atomic E-state index is 7.36. The van der Waals surface area contributed by atoms with Crippen LogP contribution in [0.3, 0.4) is 0 Å². The predicted molar refractivity (Wildman–Crippen MR) is 449 cm³/mol. The van der Waals surface area contributed by atoms with Crippen molar-refractivity contribution in [3.05, 3.63) is 138 Å². The molecule has 1 aliphatic carbocycles. The molecule has 0 radical (unpaired) electrons. The summed E-state index contributed by atoms with van der Waals surface area (Å²) < 4.78 is 88.7. The lowest BCUT2D eigenvalue weighted by Gasteiger charge is -2.38.